The fraction of sp³-hybridized carbons (Fsp3) is 0.455. The van der Waals surface area contributed by atoms with Crippen molar-refractivity contribution in [3.8, 4) is 0 Å². The molecule has 1 aliphatic heterocycles. The van der Waals surface area contributed by atoms with Crippen molar-refractivity contribution in [1.82, 2.24) is 15.2 Å². The molecule has 100 valence electrons. The first kappa shape index (κ1) is 13.0. The van der Waals surface area contributed by atoms with Crippen LogP contribution in [-0.4, -0.2) is 30.2 Å². The molecule has 0 aromatic carbocycles. The molecule has 1 atom stereocenters. The molecule has 0 unspecified atom stereocenters. The molecule has 1 aliphatic rings. The molecule has 8 heteroatoms. The number of hydrogen-bond donors (Lipinski definition) is 2. The van der Waals surface area contributed by atoms with Crippen molar-refractivity contribution in [3.63, 3.8) is 0 Å². The van der Waals surface area contributed by atoms with Gasteiger partial charge in [-0.15, -0.1) is 0 Å². The summed E-state index contributed by atoms with van der Waals surface area (Å²) < 4.78 is 0. The minimum Gasteiger partial charge on any atom is -0.530 e. The number of nitrogens with one attached hydrogen (secondary N) is 2. The molecule has 0 bridgehead atoms. The highest BCUT2D eigenvalue weighted by Crippen LogP contribution is 2.29. The van der Waals surface area contributed by atoms with Crippen molar-refractivity contribution in [1.29, 1.82) is 5.53 Å². The van der Waals surface area contributed by atoms with E-state index in [9.17, 15) is 9.90 Å². The third-order valence-corrected chi connectivity index (χ3v) is 3.02. The number of carbonyl (C=O) groups excluding carboxylic acids is 1. The maximum atomic E-state index is 10.6. The molecule has 1 saturated heterocycles. The lowest BCUT2D eigenvalue weighted by molar-refractivity contribution is -0.251. The molecule has 1 aromatic heterocycles. The van der Waals surface area contributed by atoms with Gasteiger partial charge in [-0.2, -0.15) is 0 Å². The fourth-order valence-electron chi connectivity index (χ4n) is 2.26. The van der Waals surface area contributed by atoms with E-state index in [1.54, 1.807) is 12.3 Å². The summed E-state index contributed by atoms with van der Waals surface area (Å²) in [5.74, 6) is 0. The van der Waals surface area contributed by atoms with Crippen molar-refractivity contribution in [2.45, 2.75) is 18.9 Å². The molecular formula is C11H14N6O2. The van der Waals surface area contributed by atoms with Crippen LogP contribution in [0.2, 0.25) is 0 Å². The van der Waals surface area contributed by atoms with Crippen LogP contribution in [0.4, 0.5) is 16.2 Å². The zero-order valence-electron chi connectivity index (χ0n) is 10.2. The number of carbonyl (C=O) groups is 1. The van der Waals surface area contributed by atoms with E-state index in [1.807, 2.05) is 4.90 Å². The van der Waals surface area contributed by atoms with Gasteiger partial charge in [-0.1, -0.05) is 0 Å². The third kappa shape index (κ3) is 3.26. The number of rotatable bonds is 3. The van der Waals surface area contributed by atoms with Gasteiger partial charge in [-0.05, 0) is 18.9 Å². The number of nitrogens with zero attached hydrogens (tertiary/aromatic N) is 4. The number of carboxylic acid groups (broad SMARTS) is 1. The largest absolute Gasteiger partial charge is 0.530 e. The average Bonchev–Trinajstić information content (AvgIpc) is 2.39. The molecule has 0 spiro atoms. The Morgan fingerprint density at radius 2 is 2.53 bits per heavy atom. The molecular weight excluding hydrogens is 248 g/mol. The Labute approximate surface area is 109 Å². The van der Waals surface area contributed by atoms with Crippen LogP contribution in [0, 0.1) is 5.53 Å². The zero-order chi connectivity index (χ0) is 13.7. The SMILES string of the molecule is N=[N+]=Nc1cnccc1N1CCC[C@H](NC(=O)[O-])C1. The molecule has 1 fully saturated rings. The van der Waals surface area contributed by atoms with Gasteiger partial charge in [0, 0.05) is 25.3 Å². The summed E-state index contributed by atoms with van der Waals surface area (Å²) >= 11 is 0. The molecule has 2 heterocycles. The normalized spacial score (nSPS) is 18.5. The first-order valence-electron chi connectivity index (χ1n) is 5.94. The molecule has 8 nitrogen and oxygen atoms in total. The van der Waals surface area contributed by atoms with Gasteiger partial charge in [-0.3, -0.25) is 4.98 Å². The summed E-state index contributed by atoms with van der Waals surface area (Å²) in [6.07, 6.45) is 3.56. The average molecular weight is 262 g/mol. The number of pyridine rings is 1. The molecule has 0 radical (unpaired) electrons. The van der Waals surface area contributed by atoms with Crippen molar-refractivity contribution in [2.24, 2.45) is 5.11 Å². The second kappa shape index (κ2) is 5.92. The van der Waals surface area contributed by atoms with Crippen molar-refractivity contribution >= 4 is 17.5 Å². The second-order valence-electron chi connectivity index (χ2n) is 4.28. The van der Waals surface area contributed by atoms with Crippen molar-refractivity contribution in [3.05, 3.63) is 18.5 Å². The fourth-order valence-corrected chi connectivity index (χ4v) is 2.26. The summed E-state index contributed by atoms with van der Waals surface area (Å²) in [6.45, 7) is 1.34. The highest BCUT2D eigenvalue weighted by atomic mass is 16.4. The minimum absolute atomic E-state index is 0.160. The van der Waals surface area contributed by atoms with Crippen LogP contribution < -0.4 is 20.2 Å². The maximum absolute atomic E-state index is 10.6. The number of piperidine rings is 1. The Morgan fingerprint density at radius 1 is 1.68 bits per heavy atom. The number of aromatic nitrogens is 1. The number of hydrogen-bond acceptors (Lipinski definition) is 6. The standard InChI is InChI=1S/C11H14N6O2/c12-16-15-9-6-13-4-3-10(9)17-5-1-2-8(7-17)14-11(18)19/h3-4,6,8,12,14H,1-2,5,7H2/t8-/m0/s1. The van der Waals surface area contributed by atoms with Gasteiger partial charge in [0.1, 0.15) is 11.6 Å². The minimum atomic E-state index is -1.26. The van der Waals surface area contributed by atoms with Gasteiger partial charge < -0.3 is 20.1 Å². The van der Waals surface area contributed by atoms with E-state index in [0.717, 1.165) is 25.1 Å². The molecule has 0 saturated carbocycles. The Bertz CT molecular complexity index is 514. The topological polar surface area (TPSA) is 119 Å². The molecule has 0 aliphatic carbocycles. The van der Waals surface area contributed by atoms with Crippen LogP contribution in [-0.2, 0) is 0 Å². The van der Waals surface area contributed by atoms with Gasteiger partial charge >= 0.3 is 0 Å². The van der Waals surface area contributed by atoms with Crippen LogP contribution in [0.5, 0.6) is 0 Å². The van der Waals surface area contributed by atoms with E-state index in [2.05, 4.69) is 20.3 Å². The smallest absolute Gasteiger partial charge is 0.220 e. The van der Waals surface area contributed by atoms with Gasteiger partial charge in [-0.25, -0.2) is 0 Å². The van der Waals surface area contributed by atoms with Crippen molar-refractivity contribution < 1.29 is 9.90 Å². The first-order valence-corrected chi connectivity index (χ1v) is 5.94. The third-order valence-electron chi connectivity index (χ3n) is 3.02. The molecule has 1 aromatic rings. The summed E-state index contributed by atoms with van der Waals surface area (Å²) in [5, 5.41) is 16.7. The lowest BCUT2D eigenvalue weighted by Gasteiger charge is -2.35. The molecule has 2 N–H and O–H groups in total. The van der Waals surface area contributed by atoms with Crippen molar-refractivity contribution in [2.75, 3.05) is 18.0 Å². The van der Waals surface area contributed by atoms with E-state index >= 15 is 0 Å². The molecule has 1 amide bonds. The number of anilines is 1. The highest BCUT2D eigenvalue weighted by Gasteiger charge is 2.22. The predicted octanol–water partition coefficient (Wildman–Crippen LogP) is 0.165. The zero-order valence-corrected chi connectivity index (χ0v) is 10.2. The molecule has 19 heavy (non-hydrogen) atoms. The highest BCUT2D eigenvalue weighted by molar-refractivity contribution is 5.66. The second-order valence-corrected chi connectivity index (χ2v) is 4.28. The van der Waals surface area contributed by atoms with Crippen LogP contribution in [0.25, 0.3) is 0 Å². The predicted molar refractivity (Wildman–Crippen MR) is 64.9 cm³/mol. The van der Waals surface area contributed by atoms with E-state index in [4.69, 9.17) is 5.53 Å². The van der Waals surface area contributed by atoms with Gasteiger partial charge in [0.15, 0.2) is 10.8 Å². The van der Waals surface area contributed by atoms with E-state index in [-0.39, 0.29) is 6.04 Å². The van der Waals surface area contributed by atoms with Crippen LogP contribution >= 0.6 is 0 Å². The van der Waals surface area contributed by atoms with Crippen LogP contribution in [0.1, 0.15) is 12.8 Å². The quantitative estimate of drug-likeness (QED) is 0.595. The number of amides is 1. The van der Waals surface area contributed by atoms with Gasteiger partial charge in [0.05, 0.1) is 11.9 Å². The summed E-state index contributed by atoms with van der Waals surface area (Å²) in [4.78, 5) is 19.5. The van der Waals surface area contributed by atoms with E-state index < -0.39 is 6.09 Å². The Balaban J connectivity index is 2.17. The first-order chi connectivity index (χ1) is 9.20. The Morgan fingerprint density at radius 3 is 3.26 bits per heavy atom. The van der Waals surface area contributed by atoms with E-state index in [1.165, 1.54) is 6.20 Å². The van der Waals surface area contributed by atoms with Gasteiger partial charge in [0.25, 0.3) is 0 Å². The Hall–Kier alpha value is -2.47. The Kier molecular flexibility index (Phi) is 4.04. The lowest BCUT2D eigenvalue weighted by Crippen LogP contribution is -2.51. The van der Waals surface area contributed by atoms with Gasteiger partial charge in [0.2, 0.25) is 4.91 Å². The van der Waals surface area contributed by atoms with E-state index in [0.29, 0.717) is 12.2 Å². The maximum Gasteiger partial charge on any atom is 0.220 e. The summed E-state index contributed by atoms with van der Waals surface area (Å²) in [5.41, 5.74) is 8.10. The monoisotopic (exact) mass is 262 g/mol. The van der Waals surface area contributed by atoms with Crippen LogP contribution in [0.15, 0.2) is 23.6 Å². The summed E-state index contributed by atoms with van der Waals surface area (Å²) in [6, 6.07) is 1.62. The van der Waals surface area contributed by atoms with Crippen LogP contribution in [0.3, 0.4) is 0 Å². The molecule has 2 rings (SSSR count). The lowest BCUT2D eigenvalue weighted by atomic mass is 10.1. The summed E-state index contributed by atoms with van der Waals surface area (Å²) in [7, 11) is 0.